The molecule has 98 valence electrons. The van der Waals surface area contributed by atoms with E-state index in [4.69, 9.17) is 4.74 Å². The van der Waals surface area contributed by atoms with Crippen LogP contribution in [0.3, 0.4) is 0 Å². The van der Waals surface area contributed by atoms with Crippen LogP contribution in [0.2, 0.25) is 0 Å². The molecule has 2 aromatic rings. The SMILES string of the molecule is CCOC(=O)c1ccnc(Cc2ccc(C)cc2)n1. The van der Waals surface area contributed by atoms with Gasteiger partial charge in [0.2, 0.25) is 0 Å². The Bertz CT molecular complexity index is 565. The number of nitrogens with zero attached hydrogens (tertiary/aromatic N) is 2. The van der Waals surface area contributed by atoms with Gasteiger partial charge in [0.05, 0.1) is 6.61 Å². The molecule has 2 rings (SSSR count). The largest absolute Gasteiger partial charge is 0.461 e. The number of benzene rings is 1. The molecule has 0 aliphatic carbocycles. The van der Waals surface area contributed by atoms with E-state index in [1.165, 1.54) is 5.56 Å². The quantitative estimate of drug-likeness (QED) is 0.789. The Hall–Kier alpha value is -2.23. The number of aromatic nitrogens is 2. The van der Waals surface area contributed by atoms with E-state index in [9.17, 15) is 4.79 Å². The predicted octanol–water partition coefficient (Wildman–Crippen LogP) is 2.55. The lowest BCUT2D eigenvalue weighted by Crippen LogP contribution is -2.09. The Balaban J connectivity index is 2.15. The molecule has 1 aromatic heterocycles. The number of esters is 1. The number of carbonyl (C=O) groups is 1. The second-order valence-corrected chi connectivity index (χ2v) is 4.24. The Morgan fingerprint density at radius 3 is 2.63 bits per heavy atom. The maximum atomic E-state index is 11.6. The maximum Gasteiger partial charge on any atom is 0.357 e. The van der Waals surface area contributed by atoms with Gasteiger partial charge in [-0.1, -0.05) is 29.8 Å². The van der Waals surface area contributed by atoms with Crippen molar-refractivity contribution in [2.45, 2.75) is 20.3 Å². The molecule has 0 spiro atoms. The van der Waals surface area contributed by atoms with Crippen LogP contribution in [0, 0.1) is 6.92 Å². The van der Waals surface area contributed by atoms with E-state index in [0.717, 1.165) is 5.56 Å². The van der Waals surface area contributed by atoms with Crippen molar-refractivity contribution >= 4 is 5.97 Å². The number of hydrogen-bond donors (Lipinski definition) is 0. The summed E-state index contributed by atoms with van der Waals surface area (Å²) in [6.45, 7) is 4.16. The first-order valence-corrected chi connectivity index (χ1v) is 6.23. The van der Waals surface area contributed by atoms with Crippen molar-refractivity contribution in [2.24, 2.45) is 0 Å². The summed E-state index contributed by atoms with van der Waals surface area (Å²) in [7, 11) is 0. The van der Waals surface area contributed by atoms with Crippen LogP contribution in [-0.4, -0.2) is 22.5 Å². The first kappa shape index (κ1) is 13.2. The molecular formula is C15H16N2O2. The first-order valence-electron chi connectivity index (χ1n) is 6.23. The molecule has 0 aliphatic heterocycles. The maximum absolute atomic E-state index is 11.6. The van der Waals surface area contributed by atoms with Gasteiger partial charge in [-0.3, -0.25) is 0 Å². The third-order valence-corrected chi connectivity index (χ3v) is 2.67. The lowest BCUT2D eigenvalue weighted by atomic mass is 10.1. The van der Waals surface area contributed by atoms with Crippen molar-refractivity contribution in [1.82, 2.24) is 9.97 Å². The van der Waals surface area contributed by atoms with Crippen molar-refractivity contribution < 1.29 is 9.53 Å². The van der Waals surface area contributed by atoms with Crippen LogP contribution < -0.4 is 0 Å². The van der Waals surface area contributed by atoms with Gasteiger partial charge in [0.1, 0.15) is 5.82 Å². The topological polar surface area (TPSA) is 52.1 Å². The van der Waals surface area contributed by atoms with E-state index in [2.05, 4.69) is 9.97 Å². The van der Waals surface area contributed by atoms with E-state index < -0.39 is 5.97 Å². The van der Waals surface area contributed by atoms with Crippen LogP contribution >= 0.6 is 0 Å². The highest BCUT2D eigenvalue weighted by molar-refractivity contribution is 5.87. The Morgan fingerprint density at radius 1 is 1.21 bits per heavy atom. The fraction of sp³-hybridized carbons (Fsp3) is 0.267. The molecule has 19 heavy (non-hydrogen) atoms. The van der Waals surface area contributed by atoms with Crippen LogP contribution in [0.1, 0.15) is 34.4 Å². The number of ether oxygens (including phenoxy) is 1. The lowest BCUT2D eigenvalue weighted by Gasteiger charge is -2.04. The number of aryl methyl sites for hydroxylation is 1. The van der Waals surface area contributed by atoms with Crippen molar-refractivity contribution in [3.05, 3.63) is 59.2 Å². The van der Waals surface area contributed by atoms with E-state index in [1.807, 2.05) is 31.2 Å². The van der Waals surface area contributed by atoms with Gasteiger partial charge in [0.25, 0.3) is 0 Å². The zero-order chi connectivity index (χ0) is 13.7. The molecule has 0 saturated carbocycles. The van der Waals surface area contributed by atoms with Crippen LogP contribution in [-0.2, 0) is 11.2 Å². The zero-order valence-electron chi connectivity index (χ0n) is 11.1. The van der Waals surface area contributed by atoms with Crippen LogP contribution in [0.4, 0.5) is 0 Å². The summed E-state index contributed by atoms with van der Waals surface area (Å²) < 4.78 is 4.92. The molecule has 1 aromatic carbocycles. The molecule has 0 radical (unpaired) electrons. The fourth-order valence-electron chi connectivity index (χ4n) is 1.69. The standard InChI is InChI=1S/C15H16N2O2/c1-3-19-15(18)13-8-9-16-14(17-13)10-12-6-4-11(2)5-7-12/h4-9H,3,10H2,1-2H3. The van der Waals surface area contributed by atoms with Crippen molar-refractivity contribution in [1.29, 1.82) is 0 Å². The third kappa shape index (κ3) is 3.61. The molecule has 1 heterocycles. The summed E-state index contributed by atoms with van der Waals surface area (Å²) in [6, 6.07) is 9.73. The van der Waals surface area contributed by atoms with Gasteiger partial charge in [0, 0.05) is 12.6 Å². The lowest BCUT2D eigenvalue weighted by molar-refractivity contribution is 0.0519. The average molecular weight is 256 g/mol. The third-order valence-electron chi connectivity index (χ3n) is 2.67. The second kappa shape index (κ2) is 6.09. The van der Waals surface area contributed by atoms with E-state index in [-0.39, 0.29) is 0 Å². The van der Waals surface area contributed by atoms with E-state index >= 15 is 0 Å². The highest BCUT2D eigenvalue weighted by Crippen LogP contribution is 2.08. The Kier molecular flexibility index (Phi) is 4.23. The summed E-state index contributed by atoms with van der Waals surface area (Å²) >= 11 is 0. The first-order chi connectivity index (χ1) is 9.19. The van der Waals surface area contributed by atoms with Gasteiger partial charge in [-0.15, -0.1) is 0 Å². The second-order valence-electron chi connectivity index (χ2n) is 4.24. The molecule has 4 heteroatoms. The summed E-state index contributed by atoms with van der Waals surface area (Å²) in [5.41, 5.74) is 2.63. The molecule has 0 saturated heterocycles. The van der Waals surface area contributed by atoms with Gasteiger partial charge in [-0.25, -0.2) is 14.8 Å². The van der Waals surface area contributed by atoms with Crippen LogP contribution in [0.15, 0.2) is 36.5 Å². The highest BCUT2D eigenvalue weighted by Gasteiger charge is 2.09. The molecule has 0 bridgehead atoms. The zero-order valence-corrected chi connectivity index (χ0v) is 11.1. The minimum Gasteiger partial charge on any atom is -0.461 e. The molecule has 0 amide bonds. The van der Waals surface area contributed by atoms with Crippen molar-refractivity contribution in [3.63, 3.8) is 0 Å². The van der Waals surface area contributed by atoms with Gasteiger partial charge in [-0.05, 0) is 25.5 Å². The fourth-order valence-corrected chi connectivity index (χ4v) is 1.69. The number of carbonyl (C=O) groups excluding carboxylic acids is 1. The van der Waals surface area contributed by atoms with Gasteiger partial charge in [0.15, 0.2) is 5.69 Å². The average Bonchev–Trinajstić information content (AvgIpc) is 2.42. The summed E-state index contributed by atoms with van der Waals surface area (Å²) in [5.74, 6) is 0.212. The number of hydrogen-bond acceptors (Lipinski definition) is 4. The Labute approximate surface area is 112 Å². The van der Waals surface area contributed by atoms with Gasteiger partial charge < -0.3 is 4.74 Å². The monoisotopic (exact) mass is 256 g/mol. The van der Waals surface area contributed by atoms with Crippen LogP contribution in [0.5, 0.6) is 0 Å². The summed E-state index contributed by atoms with van der Waals surface area (Å²) in [5, 5.41) is 0. The van der Waals surface area contributed by atoms with Crippen molar-refractivity contribution in [2.75, 3.05) is 6.61 Å². The molecule has 0 aliphatic rings. The number of rotatable bonds is 4. The molecule has 4 nitrogen and oxygen atoms in total. The normalized spacial score (nSPS) is 10.2. The molecule has 0 unspecified atom stereocenters. The van der Waals surface area contributed by atoms with Gasteiger partial charge in [-0.2, -0.15) is 0 Å². The predicted molar refractivity (Wildman–Crippen MR) is 72.0 cm³/mol. The summed E-state index contributed by atoms with van der Waals surface area (Å²) in [6.07, 6.45) is 2.19. The van der Waals surface area contributed by atoms with Gasteiger partial charge >= 0.3 is 5.97 Å². The molecule has 0 fully saturated rings. The van der Waals surface area contributed by atoms with Crippen LogP contribution in [0.25, 0.3) is 0 Å². The van der Waals surface area contributed by atoms with Crippen molar-refractivity contribution in [3.8, 4) is 0 Å². The molecule has 0 N–H and O–H groups in total. The molecule has 0 atom stereocenters. The highest BCUT2D eigenvalue weighted by atomic mass is 16.5. The smallest absolute Gasteiger partial charge is 0.357 e. The van der Waals surface area contributed by atoms with E-state index in [0.29, 0.717) is 24.5 Å². The molecular weight excluding hydrogens is 240 g/mol. The minimum absolute atomic E-state index is 0.305. The minimum atomic E-state index is -0.407. The van der Waals surface area contributed by atoms with E-state index in [1.54, 1.807) is 19.2 Å². The Morgan fingerprint density at radius 2 is 1.95 bits per heavy atom. The summed E-state index contributed by atoms with van der Waals surface area (Å²) in [4.78, 5) is 20.0.